The Morgan fingerprint density at radius 2 is 2.22 bits per heavy atom. The van der Waals surface area contributed by atoms with Gasteiger partial charge in [0.2, 0.25) is 5.95 Å². The SMILES string of the molecule is N#Cc1cc(N2CC[C@@H]3CC[C@H](C2)N3)cnc1F. The second-order valence-electron chi connectivity index (χ2n) is 5.02. The van der Waals surface area contributed by atoms with Crippen LogP contribution in [0.25, 0.3) is 0 Å². The first kappa shape index (κ1) is 11.4. The zero-order valence-corrected chi connectivity index (χ0v) is 10.1. The lowest BCUT2D eigenvalue weighted by molar-refractivity contribution is 0.563. The lowest BCUT2D eigenvalue weighted by Gasteiger charge is -2.26. The van der Waals surface area contributed by atoms with Gasteiger partial charge in [0.05, 0.1) is 11.9 Å². The van der Waals surface area contributed by atoms with E-state index in [1.807, 2.05) is 6.07 Å². The van der Waals surface area contributed by atoms with Crippen LogP contribution in [-0.4, -0.2) is 30.2 Å². The van der Waals surface area contributed by atoms with Crippen LogP contribution in [0.2, 0.25) is 0 Å². The van der Waals surface area contributed by atoms with Gasteiger partial charge in [0.15, 0.2) is 0 Å². The topological polar surface area (TPSA) is 52.0 Å². The van der Waals surface area contributed by atoms with Crippen LogP contribution >= 0.6 is 0 Å². The van der Waals surface area contributed by atoms with E-state index in [1.54, 1.807) is 6.07 Å². The molecule has 2 bridgehead atoms. The molecule has 0 aromatic carbocycles. The minimum Gasteiger partial charge on any atom is -0.369 e. The molecule has 2 fully saturated rings. The van der Waals surface area contributed by atoms with Gasteiger partial charge >= 0.3 is 0 Å². The molecule has 0 radical (unpaired) electrons. The smallest absolute Gasteiger partial charge is 0.230 e. The highest BCUT2D eigenvalue weighted by Gasteiger charge is 2.29. The Morgan fingerprint density at radius 3 is 3.06 bits per heavy atom. The number of hydrogen-bond acceptors (Lipinski definition) is 4. The molecule has 2 aliphatic rings. The molecule has 3 rings (SSSR count). The molecule has 1 aromatic rings. The highest BCUT2D eigenvalue weighted by atomic mass is 19.1. The number of pyridine rings is 1. The van der Waals surface area contributed by atoms with Crippen molar-refractivity contribution in [2.24, 2.45) is 0 Å². The first-order valence-corrected chi connectivity index (χ1v) is 6.33. The summed E-state index contributed by atoms with van der Waals surface area (Å²) in [6, 6.07) is 4.57. The van der Waals surface area contributed by atoms with Crippen LogP contribution in [0.1, 0.15) is 24.8 Å². The van der Waals surface area contributed by atoms with Crippen molar-refractivity contribution in [1.82, 2.24) is 10.3 Å². The molecule has 0 aliphatic carbocycles. The summed E-state index contributed by atoms with van der Waals surface area (Å²) in [5.41, 5.74) is 0.872. The molecule has 94 valence electrons. The summed E-state index contributed by atoms with van der Waals surface area (Å²) in [5, 5.41) is 12.4. The molecule has 2 atom stereocenters. The van der Waals surface area contributed by atoms with Crippen molar-refractivity contribution < 1.29 is 4.39 Å². The number of anilines is 1. The van der Waals surface area contributed by atoms with E-state index in [0.717, 1.165) is 25.2 Å². The number of fused-ring (bicyclic) bond motifs is 2. The first-order chi connectivity index (χ1) is 8.76. The maximum Gasteiger partial charge on any atom is 0.230 e. The number of nitrogens with one attached hydrogen (secondary N) is 1. The fraction of sp³-hybridized carbons (Fsp3) is 0.538. The Morgan fingerprint density at radius 1 is 1.39 bits per heavy atom. The second kappa shape index (κ2) is 4.54. The largest absolute Gasteiger partial charge is 0.369 e. The number of rotatable bonds is 1. The molecule has 2 saturated heterocycles. The first-order valence-electron chi connectivity index (χ1n) is 6.33. The lowest BCUT2D eigenvalue weighted by Crippen LogP contribution is -2.35. The van der Waals surface area contributed by atoms with Gasteiger partial charge in [-0.15, -0.1) is 0 Å². The van der Waals surface area contributed by atoms with Crippen LogP contribution in [-0.2, 0) is 0 Å². The minimum absolute atomic E-state index is 0.0230. The normalized spacial score (nSPS) is 26.8. The molecule has 18 heavy (non-hydrogen) atoms. The van der Waals surface area contributed by atoms with Crippen LogP contribution in [0.4, 0.5) is 10.1 Å². The van der Waals surface area contributed by atoms with Crippen molar-refractivity contribution >= 4 is 5.69 Å². The highest BCUT2D eigenvalue weighted by Crippen LogP contribution is 2.25. The summed E-state index contributed by atoms with van der Waals surface area (Å²) in [5.74, 6) is -0.685. The van der Waals surface area contributed by atoms with Gasteiger partial charge in [-0.25, -0.2) is 4.98 Å². The minimum atomic E-state index is -0.685. The molecular formula is C13H15FN4. The van der Waals surface area contributed by atoms with Crippen molar-refractivity contribution in [2.45, 2.75) is 31.3 Å². The summed E-state index contributed by atoms with van der Waals surface area (Å²) in [6.45, 7) is 1.85. The third-order valence-electron chi connectivity index (χ3n) is 3.83. The summed E-state index contributed by atoms with van der Waals surface area (Å²) < 4.78 is 13.2. The van der Waals surface area contributed by atoms with Gasteiger partial charge in [-0.1, -0.05) is 0 Å². The number of hydrogen-bond donors (Lipinski definition) is 1. The standard InChI is InChI=1S/C13H15FN4/c14-13-9(6-15)5-12(7-16-13)18-4-3-10-1-2-11(8-18)17-10/h5,7,10-11,17H,1-4,8H2/t10-,11+/m0/s1. The average Bonchev–Trinajstić information content (AvgIpc) is 2.70. The van der Waals surface area contributed by atoms with Gasteiger partial charge < -0.3 is 10.2 Å². The Hall–Kier alpha value is -1.67. The lowest BCUT2D eigenvalue weighted by atomic mass is 10.1. The van der Waals surface area contributed by atoms with Gasteiger partial charge in [0, 0.05) is 25.2 Å². The second-order valence-corrected chi connectivity index (χ2v) is 5.02. The van der Waals surface area contributed by atoms with Crippen LogP contribution in [0.5, 0.6) is 0 Å². The maximum absolute atomic E-state index is 13.2. The van der Waals surface area contributed by atoms with Crippen LogP contribution in [0, 0.1) is 17.3 Å². The number of nitriles is 1. The summed E-state index contributed by atoms with van der Waals surface area (Å²) in [4.78, 5) is 5.87. The van der Waals surface area contributed by atoms with Crippen LogP contribution in [0.3, 0.4) is 0 Å². The van der Waals surface area contributed by atoms with E-state index in [-0.39, 0.29) is 5.56 Å². The third-order valence-corrected chi connectivity index (χ3v) is 3.83. The number of nitrogens with zero attached hydrogens (tertiary/aromatic N) is 3. The Balaban J connectivity index is 1.84. The predicted molar refractivity (Wildman–Crippen MR) is 65.7 cm³/mol. The molecule has 0 spiro atoms. The van der Waals surface area contributed by atoms with Gasteiger partial charge in [0.1, 0.15) is 11.6 Å². The van der Waals surface area contributed by atoms with E-state index in [0.29, 0.717) is 12.1 Å². The van der Waals surface area contributed by atoms with Crippen molar-refractivity contribution in [3.63, 3.8) is 0 Å². The van der Waals surface area contributed by atoms with Crippen molar-refractivity contribution in [1.29, 1.82) is 5.26 Å². The van der Waals surface area contributed by atoms with Crippen LogP contribution in [0.15, 0.2) is 12.3 Å². The molecule has 1 aromatic heterocycles. The zero-order chi connectivity index (χ0) is 12.5. The van der Waals surface area contributed by atoms with Gasteiger partial charge in [-0.05, 0) is 25.3 Å². The van der Waals surface area contributed by atoms with E-state index in [4.69, 9.17) is 5.26 Å². The van der Waals surface area contributed by atoms with Crippen molar-refractivity contribution in [3.8, 4) is 6.07 Å². The predicted octanol–water partition coefficient (Wildman–Crippen LogP) is 1.42. The molecule has 1 N–H and O–H groups in total. The molecule has 0 unspecified atom stereocenters. The van der Waals surface area contributed by atoms with E-state index in [1.165, 1.54) is 19.0 Å². The Kier molecular flexibility index (Phi) is 2.88. The summed E-state index contributed by atoms with van der Waals surface area (Å²) in [6.07, 6.45) is 5.06. The van der Waals surface area contributed by atoms with E-state index in [2.05, 4.69) is 15.2 Å². The van der Waals surface area contributed by atoms with Gasteiger partial charge in [-0.3, -0.25) is 0 Å². The molecule has 5 heteroatoms. The highest BCUT2D eigenvalue weighted by molar-refractivity contribution is 5.49. The summed E-state index contributed by atoms with van der Waals surface area (Å²) in [7, 11) is 0. The zero-order valence-electron chi connectivity index (χ0n) is 10.1. The number of aromatic nitrogens is 1. The van der Waals surface area contributed by atoms with Crippen molar-refractivity contribution in [3.05, 3.63) is 23.8 Å². The average molecular weight is 246 g/mol. The summed E-state index contributed by atoms with van der Waals surface area (Å²) >= 11 is 0. The molecule has 0 saturated carbocycles. The Labute approximate surface area is 105 Å². The van der Waals surface area contributed by atoms with E-state index < -0.39 is 5.95 Å². The fourth-order valence-electron chi connectivity index (χ4n) is 2.87. The molecule has 0 amide bonds. The van der Waals surface area contributed by atoms with E-state index in [9.17, 15) is 4.39 Å². The molecular weight excluding hydrogens is 231 g/mol. The molecule has 4 nitrogen and oxygen atoms in total. The van der Waals surface area contributed by atoms with Crippen molar-refractivity contribution in [2.75, 3.05) is 18.0 Å². The quantitative estimate of drug-likeness (QED) is 0.761. The fourth-order valence-corrected chi connectivity index (χ4v) is 2.87. The molecule has 2 aliphatic heterocycles. The monoisotopic (exact) mass is 246 g/mol. The van der Waals surface area contributed by atoms with Crippen LogP contribution < -0.4 is 10.2 Å². The van der Waals surface area contributed by atoms with Gasteiger partial charge in [-0.2, -0.15) is 9.65 Å². The Bertz CT molecular complexity index is 496. The third kappa shape index (κ3) is 2.04. The molecule has 3 heterocycles. The van der Waals surface area contributed by atoms with E-state index >= 15 is 0 Å². The van der Waals surface area contributed by atoms with Gasteiger partial charge in [0.25, 0.3) is 0 Å². The number of halogens is 1. The maximum atomic E-state index is 13.2.